The first kappa shape index (κ1) is 23.4. The Morgan fingerprint density at radius 3 is 2.51 bits per heavy atom. The van der Waals surface area contributed by atoms with Crippen molar-refractivity contribution < 1.29 is 14.3 Å². The molecule has 7 heteroatoms. The predicted molar refractivity (Wildman–Crippen MR) is 135 cm³/mol. The molecule has 1 N–H and O–H groups in total. The van der Waals surface area contributed by atoms with Crippen molar-refractivity contribution >= 4 is 22.8 Å². The summed E-state index contributed by atoms with van der Waals surface area (Å²) >= 11 is 0. The lowest BCUT2D eigenvalue weighted by Crippen LogP contribution is -2.64. The summed E-state index contributed by atoms with van der Waals surface area (Å²) in [7, 11) is 1.62. The molecule has 0 radical (unpaired) electrons. The van der Waals surface area contributed by atoms with E-state index in [1.807, 2.05) is 60.0 Å². The van der Waals surface area contributed by atoms with Crippen LogP contribution in [0.2, 0.25) is 0 Å². The van der Waals surface area contributed by atoms with Gasteiger partial charge >= 0.3 is 0 Å². The summed E-state index contributed by atoms with van der Waals surface area (Å²) in [5.74, 6) is 0.725. The molecule has 0 bridgehead atoms. The molecule has 1 aliphatic carbocycles. The number of amides is 2. The van der Waals surface area contributed by atoms with Gasteiger partial charge < -0.3 is 19.5 Å². The molecule has 2 aliphatic rings. The van der Waals surface area contributed by atoms with Crippen LogP contribution < -0.4 is 10.1 Å². The largest absolute Gasteiger partial charge is 0.496 e. The van der Waals surface area contributed by atoms with Gasteiger partial charge in [-0.1, -0.05) is 62.4 Å². The average Bonchev–Trinajstić information content (AvgIpc) is 3.22. The fourth-order valence-corrected chi connectivity index (χ4v) is 5.52. The van der Waals surface area contributed by atoms with Gasteiger partial charge in [0.2, 0.25) is 5.91 Å². The van der Waals surface area contributed by atoms with E-state index in [9.17, 15) is 9.59 Å². The van der Waals surface area contributed by atoms with Crippen LogP contribution in [0.15, 0.2) is 48.5 Å². The Balaban J connectivity index is 1.53. The van der Waals surface area contributed by atoms with Gasteiger partial charge in [0.25, 0.3) is 5.91 Å². The van der Waals surface area contributed by atoms with E-state index in [0.717, 1.165) is 42.3 Å². The minimum Gasteiger partial charge on any atom is -0.496 e. The van der Waals surface area contributed by atoms with Crippen molar-refractivity contribution in [2.24, 2.45) is 0 Å². The Labute approximate surface area is 206 Å². The number of hydrogen-bond donors (Lipinski definition) is 1. The third-order valence-electron chi connectivity index (χ3n) is 7.60. The maximum Gasteiger partial charge on any atom is 0.291 e. The zero-order valence-corrected chi connectivity index (χ0v) is 20.6. The molecule has 1 aliphatic heterocycles. The molecule has 0 spiro atoms. The first-order valence-electron chi connectivity index (χ1n) is 12.7. The van der Waals surface area contributed by atoms with Gasteiger partial charge in [0.15, 0.2) is 5.82 Å². The number of nitrogens with zero attached hydrogens (tertiary/aromatic N) is 3. The fraction of sp³-hybridized carbons (Fsp3) is 0.464. The number of nitrogens with one attached hydrogen (secondary N) is 1. The SMILES string of the molecule is COc1ccccc1CN1C(=O)c2nc3ccccc3n2CC1(C)C(=O)NC1CCCCCCC1. The van der Waals surface area contributed by atoms with Gasteiger partial charge in [-0.2, -0.15) is 0 Å². The lowest BCUT2D eigenvalue weighted by atomic mass is 9.92. The van der Waals surface area contributed by atoms with E-state index in [0.29, 0.717) is 18.1 Å². The molecule has 1 saturated carbocycles. The molecule has 2 aromatic carbocycles. The summed E-state index contributed by atoms with van der Waals surface area (Å²) < 4.78 is 7.47. The van der Waals surface area contributed by atoms with E-state index in [2.05, 4.69) is 10.3 Å². The fourth-order valence-electron chi connectivity index (χ4n) is 5.52. The van der Waals surface area contributed by atoms with Crippen molar-refractivity contribution in [1.82, 2.24) is 19.8 Å². The molecule has 7 nitrogen and oxygen atoms in total. The van der Waals surface area contributed by atoms with Crippen LogP contribution in [0.4, 0.5) is 0 Å². The Kier molecular flexibility index (Phi) is 6.50. The number of fused-ring (bicyclic) bond motifs is 3. The number of carbonyl (C=O) groups is 2. The van der Waals surface area contributed by atoms with Crippen LogP contribution in [0.1, 0.15) is 68.1 Å². The standard InChI is InChI=1S/C28H34N4O3/c1-28(27(34)29-21-13-6-4-3-5-7-14-21)19-31-23-16-10-9-15-22(23)30-25(31)26(33)32(28)18-20-12-8-11-17-24(20)35-2/h8-12,15-17,21H,3-7,13-14,18-19H2,1-2H3,(H,29,34). The van der Waals surface area contributed by atoms with E-state index in [1.165, 1.54) is 19.3 Å². The molecule has 1 atom stereocenters. The Morgan fingerprint density at radius 1 is 1.06 bits per heavy atom. The quantitative estimate of drug-likeness (QED) is 0.582. The van der Waals surface area contributed by atoms with E-state index in [4.69, 9.17) is 4.74 Å². The molecule has 2 amide bonds. The highest BCUT2D eigenvalue weighted by molar-refractivity contribution is 6.01. The molecular weight excluding hydrogens is 440 g/mol. The smallest absolute Gasteiger partial charge is 0.291 e. The summed E-state index contributed by atoms with van der Waals surface area (Å²) in [4.78, 5) is 34.2. The van der Waals surface area contributed by atoms with Crippen molar-refractivity contribution in [2.75, 3.05) is 7.11 Å². The number of hydrogen-bond acceptors (Lipinski definition) is 4. The van der Waals surface area contributed by atoms with E-state index in [-0.39, 0.29) is 24.4 Å². The van der Waals surface area contributed by atoms with Gasteiger partial charge in [-0.15, -0.1) is 0 Å². The maximum absolute atomic E-state index is 14.0. The molecule has 1 fully saturated rings. The van der Waals surface area contributed by atoms with Gasteiger partial charge in [-0.05, 0) is 38.0 Å². The van der Waals surface area contributed by atoms with E-state index in [1.54, 1.807) is 12.0 Å². The van der Waals surface area contributed by atoms with Gasteiger partial charge in [0.1, 0.15) is 11.3 Å². The topological polar surface area (TPSA) is 76.5 Å². The van der Waals surface area contributed by atoms with Crippen LogP contribution in [-0.4, -0.2) is 45.0 Å². The zero-order chi connectivity index (χ0) is 24.4. The van der Waals surface area contributed by atoms with Crippen LogP contribution >= 0.6 is 0 Å². The third-order valence-corrected chi connectivity index (χ3v) is 7.60. The second-order valence-corrected chi connectivity index (χ2v) is 10.0. The first-order chi connectivity index (χ1) is 17.0. The van der Waals surface area contributed by atoms with E-state index >= 15 is 0 Å². The second kappa shape index (κ2) is 9.72. The minimum absolute atomic E-state index is 0.102. The number of rotatable bonds is 5. The zero-order valence-electron chi connectivity index (χ0n) is 20.6. The van der Waals surface area contributed by atoms with Crippen molar-refractivity contribution in [3.63, 3.8) is 0 Å². The monoisotopic (exact) mass is 474 g/mol. The summed E-state index contributed by atoms with van der Waals surface area (Å²) in [5, 5.41) is 3.34. The molecule has 1 unspecified atom stereocenters. The molecular formula is C28H34N4O3. The van der Waals surface area contributed by atoms with Crippen LogP contribution in [0.25, 0.3) is 11.0 Å². The lowest BCUT2D eigenvalue weighted by molar-refractivity contribution is -0.134. The number of carbonyl (C=O) groups excluding carboxylic acids is 2. The predicted octanol–water partition coefficient (Wildman–Crippen LogP) is 4.69. The number of aromatic nitrogens is 2. The van der Waals surface area contributed by atoms with Gasteiger partial charge in [-0.3, -0.25) is 9.59 Å². The third kappa shape index (κ3) is 4.40. The highest BCUT2D eigenvalue weighted by Crippen LogP contribution is 2.33. The van der Waals surface area contributed by atoms with Gasteiger partial charge in [0.05, 0.1) is 31.2 Å². The Morgan fingerprint density at radius 2 is 1.74 bits per heavy atom. The summed E-state index contributed by atoms with van der Waals surface area (Å²) in [5.41, 5.74) is 1.42. The molecule has 0 saturated heterocycles. The summed E-state index contributed by atoms with van der Waals surface area (Å²) in [6, 6.07) is 15.5. The number of methoxy groups -OCH3 is 1. The molecule has 5 rings (SSSR count). The van der Waals surface area contributed by atoms with Crippen LogP contribution in [-0.2, 0) is 17.9 Å². The van der Waals surface area contributed by atoms with Crippen LogP contribution in [0, 0.1) is 0 Å². The number of benzene rings is 2. The Bertz CT molecular complexity index is 1230. The van der Waals surface area contributed by atoms with Crippen molar-refractivity contribution in [3.05, 3.63) is 59.9 Å². The number of imidazole rings is 1. The molecule has 1 aromatic heterocycles. The lowest BCUT2D eigenvalue weighted by Gasteiger charge is -2.44. The number of ether oxygens (including phenoxy) is 1. The van der Waals surface area contributed by atoms with Crippen LogP contribution in [0.5, 0.6) is 5.75 Å². The molecule has 3 aromatic rings. The molecule has 35 heavy (non-hydrogen) atoms. The minimum atomic E-state index is -1.07. The van der Waals surface area contributed by atoms with Crippen molar-refractivity contribution in [1.29, 1.82) is 0 Å². The average molecular weight is 475 g/mol. The highest BCUT2D eigenvalue weighted by Gasteiger charge is 2.49. The van der Waals surface area contributed by atoms with Gasteiger partial charge in [-0.25, -0.2) is 4.98 Å². The molecule has 184 valence electrons. The summed E-state index contributed by atoms with van der Waals surface area (Å²) in [6.07, 6.45) is 7.93. The molecule has 2 heterocycles. The van der Waals surface area contributed by atoms with Crippen LogP contribution in [0.3, 0.4) is 0 Å². The van der Waals surface area contributed by atoms with Crippen molar-refractivity contribution in [3.8, 4) is 5.75 Å². The maximum atomic E-state index is 14.0. The Hall–Kier alpha value is -3.35. The van der Waals surface area contributed by atoms with E-state index < -0.39 is 5.54 Å². The second-order valence-electron chi connectivity index (χ2n) is 10.0. The highest BCUT2D eigenvalue weighted by atomic mass is 16.5. The van der Waals surface area contributed by atoms with Gasteiger partial charge in [0, 0.05) is 11.6 Å². The van der Waals surface area contributed by atoms with Crippen molar-refractivity contribution in [2.45, 2.75) is 76.5 Å². The summed E-state index contributed by atoms with van der Waals surface area (Å²) in [6.45, 7) is 2.50. The normalized spacial score (nSPS) is 21.3. The number of para-hydroxylation sites is 3. The first-order valence-corrected chi connectivity index (χ1v) is 12.7.